The number of fused-ring (bicyclic) bond motifs is 1. The van der Waals surface area contributed by atoms with Crippen molar-refractivity contribution < 1.29 is 9.31 Å². The highest BCUT2D eigenvalue weighted by Gasteiger charge is 2.19. The van der Waals surface area contributed by atoms with Crippen molar-refractivity contribution in [2.75, 3.05) is 5.73 Å². The molecule has 0 aliphatic heterocycles. The maximum absolute atomic E-state index is 13.4. The third kappa shape index (κ3) is 1.12. The number of hydrogen-bond acceptors (Lipinski definition) is 4. The van der Waals surface area contributed by atoms with E-state index in [1.165, 1.54) is 17.4 Å². The Balaban J connectivity index is 2.87. The lowest BCUT2D eigenvalue weighted by Crippen LogP contribution is -1.98. The minimum atomic E-state index is -0.713. The van der Waals surface area contributed by atoms with Crippen LogP contribution in [0.3, 0.4) is 0 Å². The number of nitrogens with two attached hydrogens (primary N) is 1. The Labute approximate surface area is 81.9 Å². The molecule has 2 rings (SSSR count). The van der Waals surface area contributed by atoms with Gasteiger partial charge in [0.2, 0.25) is 0 Å². The van der Waals surface area contributed by atoms with E-state index >= 15 is 0 Å². The molecular weight excluding hydrogens is 207 g/mol. The van der Waals surface area contributed by atoms with Crippen LogP contribution in [0.5, 0.6) is 0 Å². The van der Waals surface area contributed by atoms with Gasteiger partial charge in [0.05, 0.1) is 4.92 Å². The lowest BCUT2D eigenvalue weighted by Gasteiger charge is -1.99. The first-order valence-electron chi connectivity index (χ1n) is 3.71. The summed E-state index contributed by atoms with van der Waals surface area (Å²) in [7, 11) is 0. The highest BCUT2D eigenvalue weighted by Crippen LogP contribution is 2.34. The minimum absolute atomic E-state index is 0.332. The molecule has 2 N–H and O–H groups in total. The fraction of sp³-hybridized carbons (Fsp3) is 0. The second-order valence-corrected chi connectivity index (χ2v) is 3.66. The number of anilines is 1. The van der Waals surface area contributed by atoms with Crippen LogP contribution < -0.4 is 5.73 Å². The Kier molecular flexibility index (Phi) is 1.85. The van der Waals surface area contributed by atoms with Gasteiger partial charge < -0.3 is 5.73 Å². The third-order valence-electron chi connectivity index (χ3n) is 1.91. The van der Waals surface area contributed by atoms with Crippen molar-refractivity contribution in [2.45, 2.75) is 0 Å². The summed E-state index contributed by atoms with van der Waals surface area (Å²) in [6.45, 7) is 0. The van der Waals surface area contributed by atoms with E-state index in [0.29, 0.717) is 10.1 Å². The third-order valence-corrected chi connectivity index (χ3v) is 2.77. The number of halogens is 1. The van der Waals surface area contributed by atoms with Gasteiger partial charge in [-0.25, -0.2) is 4.39 Å². The molecule has 0 unspecified atom stereocenters. The average Bonchev–Trinajstić information content (AvgIpc) is 2.58. The van der Waals surface area contributed by atoms with E-state index in [2.05, 4.69) is 0 Å². The van der Waals surface area contributed by atoms with Crippen LogP contribution >= 0.6 is 11.3 Å². The van der Waals surface area contributed by atoms with Gasteiger partial charge >= 0.3 is 0 Å². The fourth-order valence-electron chi connectivity index (χ4n) is 1.22. The molecule has 0 saturated carbocycles. The van der Waals surface area contributed by atoms with E-state index in [0.717, 1.165) is 0 Å². The van der Waals surface area contributed by atoms with Crippen LogP contribution in [0.2, 0.25) is 0 Å². The number of benzene rings is 1. The fourth-order valence-corrected chi connectivity index (χ4v) is 2.04. The number of rotatable bonds is 1. The van der Waals surface area contributed by atoms with E-state index in [-0.39, 0.29) is 5.69 Å². The van der Waals surface area contributed by atoms with Gasteiger partial charge in [-0.2, -0.15) is 0 Å². The van der Waals surface area contributed by atoms with Crippen molar-refractivity contribution in [1.82, 2.24) is 0 Å². The van der Waals surface area contributed by atoms with E-state index in [1.54, 1.807) is 11.4 Å². The zero-order valence-corrected chi connectivity index (χ0v) is 7.68. The second-order valence-electron chi connectivity index (χ2n) is 2.71. The van der Waals surface area contributed by atoms with Gasteiger partial charge in [0.15, 0.2) is 5.82 Å². The van der Waals surface area contributed by atoms with Crippen molar-refractivity contribution in [3.63, 3.8) is 0 Å². The summed E-state index contributed by atoms with van der Waals surface area (Å²) in [6, 6.07) is 2.84. The van der Waals surface area contributed by atoms with Crippen molar-refractivity contribution >= 4 is 32.8 Å². The van der Waals surface area contributed by atoms with Gasteiger partial charge in [-0.1, -0.05) is 0 Å². The molecule has 6 heteroatoms. The Morgan fingerprint density at radius 2 is 2.29 bits per heavy atom. The van der Waals surface area contributed by atoms with E-state index in [1.807, 2.05) is 0 Å². The molecule has 2 aromatic rings. The number of nitro benzene ring substituents is 1. The molecule has 0 atom stereocenters. The summed E-state index contributed by atoms with van der Waals surface area (Å²) in [5.41, 5.74) is 4.52. The number of nitro groups is 1. The lowest BCUT2D eigenvalue weighted by atomic mass is 10.2. The van der Waals surface area contributed by atoms with Crippen LogP contribution in [0, 0.1) is 15.9 Å². The first kappa shape index (κ1) is 8.89. The summed E-state index contributed by atoms with van der Waals surface area (Å²) in [4.78, 5) is 9.82. The summed E-state index contributed by atoms with van der Waals surface area (Å²) >= 11 is 1.24. The van der Waals surface area contributed by atoms with E-state index < -0.39 is 16.4 Å². The van der Waals surface area contributed by atoms with Crippen molar-refractivity contribution in [2.24, 2.45) is 0 Å². The first-order chi connectivity index (χ1) is 6.61. The van der Waals surface area contributed by atoms with Crippen molar-refractivity contribution in [1.29, 1.82) is 0 Å². The van der Waals surface area contributed by atoms with Crippen LogP contribution in [0.4, 0.5) is 15.8 Å². The predicted octanol–water partition coefficient (Wildman–Crippen LogP) is 2.53. The smallest absolute Gasteiger partial charge is 0.296 e. The minimum Gasteiger partial charge on any atom is -0.391 e. The van der Waals surface area contributed by atoms with Crippen molar-refractivity contribution in [3.05, 3.63) is 33.4 Å². The number of nitrogen functional groups attached to an aromatic ring is 1. The molecular formula is C8H5FN2O2S. The van der Waals surface area contributed by atoms with Gasteiger partial charge in [-0.05, 0) is 11.4 Å². The average molecular weight is 212 g/mol. The van der Waals surface area contributed by atoms with Crippen LogP contribution in [0.25, 0.3) is 10.1 Å². The van der Waals surface area contributed by atoms with Gasteiger partial charge in [-0.15, -0.1) is 11.3 Å². The van der Waals surface area contributed by atoms with Gasteiger partial charge in [-0.3, -0.25) is 10.1 Å². The monoisotopic (exact) mass is 212 g/mol. The zero-order valence-electron chi connectivity index (χ0n) is 6.86. The SMILES string of the molecule is Nc1c([N+](=O)[O-])cc2sccc2c1F. The van der Waals surface area contributed by atoms with Crippen LogP contribution in [-0.2, 0) is 0 Å². The van der Waals surface area contributed by atoms with Crippen LogP contribution in [-0.4, -0.2) is 4.92 Å². The molecule has 0 aliphatic rings. The number of nitrogens with zero attached hydrogens (tertiary/aromatic N) is 1. The molecule has 14 heavy (non-hydrogen) atoms. The van der Waals surface area contributed by atoms with E-state index in [9.17, 15) is 14.5 Å². The van der Waals surface area contributed by atoms with Crippen molar-refractivity contribution in [3.8, 4) is 0 Å². The molecule has 0 amide bonds. The summed E-state index contributed by atoms with van der Waals surface area (Å²) in [6.07, 6.45) is 0. The summed E-state index contributed by atoms with van der Waals surface area (Å²) < 4.78 is 14.0. The molecule has 0 bridgehead atoms. The standard InChI is InChI=1S/C8H5FN2O2S/c9-7-4-1-2-14-6(4)3-5(8(7)10)11(12)13/h1-3H,10H2. The Hall–Kier alpha value is -1.69. The lowest BCUT2D eigenvalue weighted by molar-refractivity contribution is -0.383. The molecule has 4 nitrogen and oxygen atoms in total. The highest BCUT2D eigenvalue weighted by atomic mass is 32.1. The molecule has 1 heterocycles. The molecule has 0 saturated heterocycles. The molecule has 72 valence electrons. The molecule has 1 aromatic heterocycles. The summed E-state index contributed by atoms with van der Waals surface area (Å²) in [5.74, 6) is -0.713. The molecule has 0 radical (unpaired) electrons. The molecule has 0 spiro atoms. The Morgan fingerprint density at radius 1 is 1.57 bits per heavy atom. The summed E-state index contributed by atoms with van der Waals surface area (Å²) in [5, 5.41) is 12.5. The van der Waals surface area contributed by atoms with Gasteiger partial charge in [0, 0.05) is 16.2 Å². The number of thiophene rings is 1. The van der Waals surface area contributed by atoms with Crippen LogP contribution in [0.1, 0.15) is 0 Å². The highest BCUT2D eigenvalue weighted by molar-refractivity contribution is 7.17. The van der Waals surface area contributed by atoms with Crippen LogP contribution in [0.15, 0.2) is 17.5 Å². The molecule has 1 aromatic carbocycles. The second kappa shape index (κ2) is 2.91. The maximum atomic E-state index is 13.4. The normalized spacial score (nSPS) is 10.6. The largest absolute Gasteiger partial charge is 0.391 e. The Bertz CT molecular complexity index is 523. The molecule has 0 fully saturated rings. The quantitative estimate of drug-likeness (QED) is 0.448. The topological polar surface area (TPSA) is 69.2 Å². The van der Waals surface area contributed by atoms with Gasteiger partial charge in [0.25, 0.3) is 5.69 Å². The zero-order chi connectivity index (χ0) is 10.3. The predicted molar refractivity (Wildman–Crippen MR) is 52.8 cm³/mol. The number of hydrogen-bond donors (Lipinski definition) is 1. The van der Waals surface area contributed by atoms with E-state index in [4.69, 9.17) is 5.73 Å². The molecule has 0 aliphatic carbocycles. The van der Waals surface area contributed by atoms with Gasteiger partial charge in [0.1, 0.15) is 5.69 Å². The maximum Gasteiger partial charge on any atom is 0.296 e. The first-order valence-corrected chi connectivity index (χ1v) is 4.59. The Morgan fingerprint density at radius 3 is 2.93 bits per heavy atom.